The summed E-state index contributed by atoms with van der Waals surface area (Å²) in [5.41, 5.74) is 5.22. The zero-order chi connectivity index (χ0) is 19.8. The lowest BCUT2D eigenvalue weighted by Crippen LogP contribution is -2.16. The molecule has 0 bridgehead atoms. The lowest BCUT2D eigenvalue weighted by molar-refractivity contribution is -0.124. The minimum Gasteiger partial charge on any atom is -0.298 e. The highest BCUT2D eigenvalue weighted by molar-refractivity contribution is 5.91. The van der Waals surface area contributed by atoms with E-state index in [0.29, 0.717) is 6.42 Å². The Morgan fingerprint density at radius 3 is 1.86 bits per heavy atom. The number of hydrogen-bond acceptors (Lipinski definition) is 3. The first-order valence-electron chi connectivity index (χ1n) is 9.01. The SMILES string of the molecule is O=C(/C=C/c1ccc(CC(=O)C(c2ccccc2)c2ccccc2)cc1)NO. The van der Waals surface area contributed by atoms with Gasteiger partial charge in [-0.25, -0.2) is 5.48 Å². The van der Waals surface area contributed by atoms with Gasteiger partial charge in [0.25, 0.3) is 5.91 Å². The van der Waals surface area contributed by atoms with Crippen LogP contribution in [0.3, 0.4) is 0 Å². The number of benzene rings is 3. The van der Waals surface area contributed by atoms with Crippen molar-refractivity contribution >= 4 is 17.8 Å². The third kappa shape index (κ3) is 5.02. The first kappa shape index (κ1) is 19.3. The lowest BCUT2D eigenvalue weighted by Gasteiger charge is -2.17. The van der Waals surface area contributed by atoms with E-state index in [0.717, 1.165) is 22.3 Å². The second-order valence-electron chi connectivity index (χ2n) is 6.45. The Morgan fingerprint density at radius 2 is 1.36 bits per heavy atom. The topological polar surface area (TPSA) is 66.4 Å². The maximum atomic E-state index is 13.2. The van der Waals surface area contributed by atoms with Crippen LogP contribution in [0.5, 0.6) is 0 Å². The van der Waals surface area contributed by atoms with Gasteiger partial charge in [-0.05, 0) is 28.3 Å². The molecule has 0 unspecified atom stereocenters. The molecule has 0 radical (unpaired) electrons. The van der Waals surface area contributed by atoms with E-state index in [2.05, 4.69) is 0 Å². The standard InChI is InChI=1S/C24H21NO3/c26-22(17-19-13-11-18(12-14-19)15-16-23(27)25-28)24(20-7-3-1-4-8-20)21-9-5-2-6-10-21/h1-16,24,28H,17H2,(H,25,27)/b16-15+. The fraction of sp³-hybridized carbons (Fsp3) is 0.0833. The van der Waals surface area contributed by atoms with Crippen LogP contribution in [0, 0.1) is 0 Å². The van der Waals surface area contributed by atoms with Gasteiger partial charge in [0, 0.05) is 12.5 Å². The number of amides is 1. The van der Waals surface area contributed by atoms with E-state index in [9.17, 15) is 9.59 Å². The van der Waals surface area contributed by atoms with Crippen molar-refractivity contribution in [3.63, 3.8) is 0 Å². The van der Waals surface area contributed by atoms with E-state index >= 15 is 0 Å². The maximum absolute atomic E-state index is 13.2. The Bertz CT molecular complexity index is 909. The van der Waals surface area contributed by atoms with Gasteiger partial charge in [-0.2, -0.15) is 0 Å². The van der Waals surface area contributed by atoms with Crippen LogP contribution in [0.4, 0.5) is 0 Å². The first-order chi connectivity index (χ1) is 13.7. The molecule has 28 heavy (non-hydrogen) atoms. The molecule has 2 N–H and O–H groups in total. The van der Waals surface area contributed by atoms with Gasteiger partial charge in [0.15, 0.2) is 0 Å². The van der Waals surface area contributed by atoms with Crippen molar-refractivity contribution in [1.82, 2.24) is 5.48 Å². The summed E-state index contributed by atoms with van der Waals surface area (Å²) in [6.07, 6.45) is 3.14. The third-order valence-corrected chi connectivity index (χ3v) is 4.48. The summed E-state index contributed by atoms with van der Waals surface area (Å²) < 4.78 is 0. The summed E-state index contributed by atoms with van der Waals surface area (Å²) >= 11 is 0. The second kappa shape index (κ2) is 9.44. The van der Waals surface area contributed by atoms with Gasteiger partial charge in [-0.15, -0.1) is 0 Å². The summed E-state index contributed by atoms with van der Waals surface area (Å²) in [6.45, 7) is 0. The molecule has 4 heteroatoms. The first-order valence-corrected chi connectivity index (χ1v) is 9.01. The van der Waals surface area contributed by atoms with Gasteiger partial charge >= 0.3 is 0 Å². The molecule has 0 aromatic heterocycles. The molecule has 1 amide bonds. The maximum Gasteiger partial charge on any atom is 0.267 e. The van der Waals surface area contributed by atoms with Gasteiger partial charge in [0.05, 0.1) is 5.92 Å². The highest BCUT2D eigenvalue weighted by atomic mass is 16.5. The smallest absolute Gasteiger partial charge is 0.267 e. The van der Waals surface area contributed by atoms with Crippen molar-refractivity contribution in [1.29, 1.82) is 0 Å². The van der Waals surface area contributed by atoms with Gasteiger partial charge < -0.3 is 0 Å². The van der Waals surface area contributed by atoms with Gasteiger partial charge in [0.1, 0.15) is 5.78 Å². The van der Waals surface area contributed by atoms with E-state index in [1.54, 1.807) is 11.6 Å². The molecule has 0 atom stereocenters. The number of carbonyl (C=O) groups excluding carboxylic acids is 2. The molecule has 0 saturated carbocycles. The molecule has 3 aromatic carbocycles. The summed E-state index contributed by atoms with van der Waals surface area (Å²) in [7, 11) is 0. The average Bonchev–Trinajstić information content (AvgIpc) is 2.74. The summed E-state index contributed by atoms with van der Waals surface area (Å²) in [4.78, 5) is 24.2. The van der Waals surface area contributed by atoms with Crippen LogP contribution in [0.25, 0.3) is 6.08 Å². The summed E-state index contributed by atoms with van der Waals surface area (Å²) in [6, 6.07) is 27.0. The molecule has 0 heterocycles. The molecule has 3 rings (SSSR count). The van der Waals surface area contributed by atoms with Crippen LogP contribution < -0.4 is 5.48 Å². The van der Waals surface area contributed by atoms with Crippen LogP contribution in [-0.4, -0.2) is 16.9 Å². The fourth-order valence-corrected chi connectivity index (χ4v) is 3.11. The van der Waals surface area contributed by atoms with Crippen molar-refractivity contribution in [2.75, 3.05) is 0 Å². The Morgan fingerprint density at radius 1 is 0.821 bits per heavy atom. The predicted molar refractivity (Wildman–Crippen MR) is 109 cm³/mol. The number of Topliss-reactive ketones (excluding diaryl/α,β-unsaturated/α-hetero) is 1. The number of hydrogen-bond donors (Lipinski definition) is 2. The second-order valence-corrected chi connectivity index (χ2v) is 6.45. The molecule has 0 fully saturated rings. The number of ketones is 1. The van der Waals surface area contributed by atoms with E-state index in [4.69, 9.17) is 5.21 Å². The van der Waals surface area contributed by atoms with E-state index < -0.39 is 5.91 Å². The predicted octanol–water partition coefficient (Wildman–Crippen LogP) is 4.15. The van der Waals surface area contributed by atoms with Crippen molar-refractivity contribution < 1.29 is 14.8 Å². The Labute approximate surface area is 164 Å². The molecule has 0 aliphatic heterocycles. The van der Waals surface area contributed by atoms with Gasteiger partial charge in [-0.3, -0.25) is 14.8 Å². The molecule has 140 valence electrons. The van der Waals surface area contributed by atoms with Crippen molar-refractivity contribution in [2.45, 2.75) is 12.3 Å². The van der Waals surface area contributed by atoms with Crippen molar-refractivity contribution in [3.05, 3.63) is 113 Å². The molecule has 0 aliphatic carbocycles. The molecular weight excluding hydrogens is 350 g/mol. The highest BCUT2D eigenvalue weighted by Crippen LogP contribution is 2.27. The lowest BCUT2D eigenvalue weighted by atomic mass is 9.85. The minimum absolute atomic E-state index is 0.125. The van der Waals surface area contributed by atoms with Crippen LogP contribution in [0.2, 0.25) is 0 Å². The monoisotopic (exact) mass is 371 g/mol. The van der Waals surface area contributed by atoms with Gasteiger partial charge in [-0.1, -0.05) is 84.9 Å². The molecule has 0 spiro atoms. The molecule has 0 saturated heterocycles. The molecule has 3 aromatic rings. The quantitative estimate of drug-likeness (QED) is 0.372. The largest absolute Gasteiger partial charge is 0.298 e. The molecular formula is C24H21NO3. The van der Waals surface area contributed by atoms with Crippen LogP contribution in [0.1, 0.15) is 28.2 Å². The number of carbonyl (C=O) groups is 2. The van der Waals surface area contributed by atoms with Crippen LogP contribution in [0.15, 0.2) is 91.0 Å². The van der Waals surface area contributed by atoms with E-state index in [1.807, 2.05) is 84.9 Å². The highest BCUT2D eigenvalue weighted by Gasteiger charge is 2.22. The summed E-state index contributed by atoms with van der Waals surface area (Å²) in [5, 5.41) is 8.51. The zero-order valence-corrected chi connectivity index (χ0v) is 15.3. The fourth-order valence-electron chi connectivity index (χ4n) is 3.11. The van der Waals surface area contributed by atoms with Crippen LogP contribution in [-0.2, 0) is 16.0 Å². The van der Waals surface area contributed by atoms with E-state index in [1.165, 1.54) is 6.08 Å². The average molecular weight is 371 g/mol. The van der Waals surface area contributed by atoms with Crippen molar-refractivity contribution in [3.8, 4) is 0 Å². The van der Waals surface area contributed by atoms with Crippen LogP contribution >= 0.6 is 0 Å². The Balaban J connectivity index is 1.79. The minimum atomic E-state index is -0.590. The molecule has 4 nitrogen and oxygen atoms in total. The Hall–Kier alpha value is -3.50. The molecule has 0 aliphatic rings. The third-order valence-electron chi connectivity index (χ3n) is 4.48. The summed E-state index contributed by atoms with van der Waals surface area (Å²) in [5.74, 6) is -0.775. The normalized spacial score (nSPS) is 10.9. The van der Waals surface area contributed by atoms with E-state index in [-0.39, 0.29) is 11.7 Å². The number of rotatable bonds is 7. The Kier molecular flexibility index (Phi) is 6.50. The van der Waals surface area contributed by atoms with Crippen molar-refractivity contribution in [2.24, 2.45) is 0 Å². The van der Waals surface area contributed by atoms with Gasteiger partial charge in [0.2, 0.25) is 0 Å². The number of hydroxylamine groups is 1. The zero-order valence-electron chi connectivity index (χ0n) is 15.3. The number of nitrogens with one attached hydrogen (secondary N) is 1.